The molecule has 1 N–H and O–H groups in total. The Balaban J connectivity index is 2.16. The zero-order chi connectivity index (χ0) is 13.0. The number of anilines is 1. The molecule has 0 saturated carbocycles. The number of benzene rings is 1. The Morgan fingerprint density at radius 1 is 1.17 bits per heavy atom. The molecule has 0 amide bonds. The van der Waals surface area contributed by atoms with Crippen molar-refractivity contribution >= 4 is 17.4 Å². The molecule has 2 aromatic rings. The molecule has 1 heterocycles. The molecule has 0 aliphatic carbocycles. The Morgan fingerprint density at radius 3 is 2.67 bits per heavy atom. The summed E-state index contributed by atoms with van der Waals surface area (Å²) >= 11 is 6.16. The number of nitrogens with one attached hydrogen (secondary N) is 1. The number of aromatic nitrogens is 1. The predicted octanol–water partition coefficient (Wildman–Crippen LogP) is 3.92. The molecule has 0 radical (unpaired) electrons. The maximum Gasteiger partial charge on any atom is 0.214 e. The molecule has 2 rings (SSSR count). The van der Waals surface area contributed by atoms with Crippen LogP contribution in [0.1, 0.15) is 18.5 Å². The first-order valence-corrected chi connectivity index (χ1v) is 6.10. The Morgan fingerprint density at radius 2 is 1.94 bits per heavy atom. The zero-order valence-electron chi connectivity index (χ0n) is 10.4. The van der Waals surface area contributed by atoms with Crippen LogP contribution in [0.5, 0.6) is 5.88 Å². The van der Waals surface area contributed by atoms with Gasteiger partial charge in [-0.3, -0.25) is 0 Å². The third-order valence-electron chi connectivity index (χ3n) is 2.67. The second kappa shape index (κ2) is 5.74. The van der Waals surface area contributed by atoms with Crippen molar-refractivity contribution in [2.45, 2.75) is 13.0 Å². The number of hydrogen-bond acceptors (Lipinski definition) is 3. The molecule has 3 nitrogen and oxygen atoms in total. The smallest absolute Gasteiger partial charge is 0.214 e. The van der Waals surface area contributed by atoms with Gasteiger partial charge in [-0.25, -0.2) is 0 Å². The standard InChI is InChI=1S/C14H15ClN2O/c1-10(11-6-3-4-7-12(11)15)16-13-8-5-9-14(17-13)18-2/h3-10H,1-2H3,(H,16,17). The van der Waals surface area contributed by atoms with E-state index in [2.05, 4.69) is 10.3 Å². The molecule has 0 bridgehead atoms. The molecular formula is C14H15ClN2O. The molecular weight excluding hydrogens is 248 g/mol. The molecule has 0 saturated heterocycles. The van der Waals surface area contributed by atoms with E-state index in [1.807, 2.05) is 49.4 Å². The van der Waals surface area contributed by atoms with Crippen molar-refractivity contribution in [3.05, 3.63) is 53.1 Å². The first-order chi connectivity index (χ1) is 8.70. The molecule has 0 spiro atoms. The molecule has 18 heavy (non-hydrogen) atoms. The van der Waals surface area contributed by atoms with Gasteiger partial charge < -0.3 is 10.1 Å². The minimum absolute atomic E-state index is 0.0818. The first-order valence-electron chi connectivity index (χ1n) is 5.72. The van der Waals surface area contributed by atoms with E-state index in [4.69, 9.17) is 16.3 Å². The molecule has 0 aliphatic rings. The molecule has 0 aliphatic heterocycles. The van der Waals surface area contributed by atoms with Gasteiger partial charge in [0.1, 0.15) is 5.82 Å². The van der Waals surface area contributed by atoms with E-state index in [0.29, 0.717) is 5.88 Å². The Kier molecular flexibility index (Phi) is 4.05. The van der Waals surface area contributed by atoms with Crippen molar-refractivity contribution in [3.63, 3.8) is 0 Å². The number of pyridine rings is 1. The summed E-state index contributed by atoms with van der Waals surface area (Å²) < 4.78 is 5.09. The third-order valence-corrected chi connectivity index (χ3v) is 3.01. The van der Waals surface area contributed by atoms with Crippen molar-refractivity contribution in [2.24, 2.45) is 0 Å². The van der Waals surface area contributed by atoms with Crippen molar-refractivity contribution in [3.8, 4) is 5.88 Å². The van der Waals surface area contributed by atoms with Gasteiger partial charge in [-0.05, 0) is 24.6 Å². The lowest BCUT2D eigenvalue weighted by Crippen LogP contribution is -2.08. The lowest BCUT2D eigenvalue weighted by molar-refractivity contribution is 0.398. The maximum absolute atomic E-state index is 6.16. The topological polar surface area (TPSA) is 34.1 Å². The van der Waals surface area contributed by atoms with Crippen molar-refractivity contribution in [1.82, 2.24) is 4.98 Å². The normalized spacial score (nSPS) is 11.9. The van der Waals surface area contributed by atoms with Crippen LogP contribution >= 0.6 is 11.6 Å². The average molecular weight is 263 g/mol. The van der Waals surface area contributed by atoms with Gasteiger partial charge in [-0.1, -0.05) is 35.9 Å². The van der Waals surface area contributed by atoms with E-state index >= 15 is 0 Å². The lowest BCUT2D eigenvalue weighted by Gasteiger charge is -2.16. The fourth-order valence-corrected chi connectivity index (χ4v) is 2.03. The fraction of sp³-hybridized carbons (Fsp3) is 0.214. The van der Waals surface area contributed by atoms with Gasteiger partial charge in [0.15, 0.2) is 0 Å². The highest BCUT2D eigenvalue weighted by Gasteiger charge is 2.09. The van der Waals surface area contributed by atoms with Gasteiger partial charge in [-0.2, -0.15) is 4.98 Å². The van der Waals surface area contributed by atoms with E-state index in [-0.39, 0.29) is 6.04 Å². The number of ether oxygens (including phenoxy) is 1. The second-order valence-corrected chi connectivity index (χ2v) is 4.36. The van der Waals surface area contributed by atoms with Crippen LogP contribution < -0.4 is 10.1 Å². The monoisotopic (exact) mass is 262 g/mol. The maximum atomic E-state index is 6.16. The summed E-state index contributed by atoms with van der Waals surface area (Å²) in [6, 6.07) is 13.5. The fourth-order valence-electron chi connectivity index (χ4n) is 1.73. The van der Waals surface area contributed by atoms with Crippen LogP contribution in [0.15, 0.2) is 42.5 Å². The molecule has 1 aromatic carbocycles. The summed E-state index contributed by atoms with van der Waals surface area (Å²) in [5.41, 5.74) is 1.05. The van der Waals surface area contributed by atoms with Gasteiger partial charge in [0.2, 0.25) is 5.88 Å². The molecule has 4 heteroatoms. The van der Waals surface area contributed by atoms with Gasteiger partial charge in [0.25, 0.3) is 0 Å². The third kappa shape index (κ3) is 2.93. The van der Waals surface area contributed by atoms with Crippen LogP contribution in [0.4, 0.5) is 5.82 Å². The summed E-state index contributed by atoms with van der Waals surface area (Å²) in [6.45, 7) is 2.04. The number of rotatable bonds is 4. The Labute approximate surface area is 112 Å². The number of hydrogen-bond donors (Lipinski definition) is 1. The molecule has 1 atom stereocenters. The summed E-state index contributed by atoms with van der Waals surface area (Å²) in [5, 5.41) is 4.05. The highest BCUT2D eigenvalue weighted by Crippen LogP contribution is 2.25. The molecule has 1 aromatic heterocycles. The predicted molar refractivity (Wildman–Crippen MR) is 74.3 cm³/mol. The van der Waals surface area contributed by atoms with Crippen LogP contribution in [-0.4, -0.2) is 12.1 Å². The highest BCUT2D eigenvalue weighted by molar-refractivity contribution is 6.31. The molecule has 1 unspecified atom stereocenters. The Hall–Kier alpha value is -1.74. The van der Waals surface area contributed by atoms with Crippen LogP contribution in [-0.2, 0) is 0 Å². The summed E-state index contributed by atoms with van der Waals surface area (Å²) in [7, 11) is 1.60. The largest absolute Gasteiger partial charge is 0.481 e. The van der Waals surface area contributed by atoms with Gasteiger partial charge in [0, 0.05) is 11.1 Å². The highest BCUT2D eigenvalue weighted by atomic mass is 35.5. The van der Waals surface area contributed by atoms with Crippen molar-refractivity contribution < 1.29 is 4.74 Å². The van der Waals surface area contributed by atoms with Crippen molar-refractivity contribution in [2.75, 3.05) is 12.4 Å². The summed E-state index contributed by atoms with van der Waals surface area (Å²) in [4.78, 5) is 4.31. The number of nitrogens with zero attached hydrogens (tertiary/aromatic N) is 1. The lowest BCUT2D eigenvalue weighted by atomic mass is 10.1. The minimum Gasteiger partial charge on any atom is -0.481 e. The summed E-state index contributed by atoms with van der Waals surface area (Å²) in [5.74, 6) is 1.35. The molecule has 0 fully saturated rings. The van der Waals surface area contributed by atoms with E-state index in [9.17, 15) is 0 Å². The first kappa shape index (κ1) is 12.7. The average Bonchev–Trinajstić information content (AvgIpc) is 2.39. The van der Waals surface area contributed by atoms with Gasteiger partial charge in [0.05, 0.1) is 13.2 Å². The van der Waals surface area contributed by atoms with Crippen molar-refractivity contribution in [1.29, 1.82) is 0 Å². The molecule has 94 valence electrons. The van der Waals surface area contributed by atoms with E-state index < -0.39 is 0 Å². The number of halogens is 1. The van der Waals surface area contributed by atoms with Gasteiger partial charge in [-0.15, -0.1) is 0 Å². The van der Waals surface area contributed by atoms with Crippen LogP contribution in [0.25, 0.3) is 0 Å². The van der Waals surface area contributed by atoms with E-state index in [1.165, 1.54) is 0 Å². The Bertz CT molecular complexity index is 531. The van der Waals surface area contributed by atoms with E-state index in [1.54, 1.807) is 7.11 Å². The van der Waals surface area contributed by atoms with E-state index in [0.717, 1.165) is 16.4 Å². The number of methoxy groups -OCH3 is 1. The zero-order valence-corrected chi connectivity index (χ0v) is 11.1. The summed E-state index contributed by atoms with van der Waals surface area (Å²) in [6.07, 6.45) is 0. The van der Waals surface area contributed by atoms with Crippen LogP contribution in [0, 0.1) is 0 Å². The van der Waals surface area contributed by atoms with Gasteiger partial charge >= 0.3 is 0 Å². The van der Waals surface area contributed by atoms with Crippen LogP contribution in [0.3, 0.4) is 0 Å². The van der Waals surface area contributed by atoms with Crippen LogP contribution in [0.2, 0.25) is 5.02 Å². The quantitative estimate of drug-likeness (QED) is 0.907. The minimum atomic E-state index is 0.0818. The second-order valence-electron chi connectivity index (χ2n) is 3.95. The SMILES string of the molecule is COc1cccc(NC(C)c2ccccc2Cl)n1.